The number of hydrogen-bond acceptors (Lipinski definition) is 4. The fourth-order valence-corrected chi connectivity index (χ4v) is 4.37. The van der Waals surface area contributed by atoms with E-state index in [0.29, 0.717) is 19.1 Å². The van der Waals surface area contributed by atoms with Crippen LogP contribution >= 0.6 is 0 Å². The predicted molar refractivity (Wildman–Crippen MR) is 108 cm³/mol. The van der Waals surface area contributed by atoms with Gasteiger partial charge in [-0.3, -0.25) is 4.99 Å². The molecule has 7 nitrogen and oxygen atoms in total. The molecule has 1 aliphatic carbocycles. The highest BCUT2D eigenvalue weighted by Crippen LogP contribution is 2.32. The van der Waals surface area contributed by atoms with Gasteiger partial charge in [-0.25, -0.2) is 4.79 Å². The second-order valence-electron chi connectivity index (χ2n) is 8.20. The number of hydrogen-bond donors (Lipinski definition) is 2. The molecule has 2 N–H and O–H groups in total. The number of aliphatic imine (C=N–C) groups is 1. The summed E-state index contributed by atoms with van der Waals surface area (Å²) in [4.78, 5) is 21.3. The van der Waals surface area contributed by atoms with Crippen molar-refractivity contribution >= 4 is 12.1 Å². The molecular formula is C20H37N5O2. The number of amides is 1. The minimum Gasteiger partial charge on any atom is -0.450 e. The first-order valence-electron chi connectivity index (χ1n) is 10.8. The second-order valence-corrected chi connectivity index (χ2v) is 8.20. The van der Waals surface area contributed by atoms with Gasteiger partial charge in [0.05, 0.1) is 12.6 Å². The molecule has 0 radical (unpaired) electrons. The third-order valence-electron chi connectivity index (χ3n) is 6.01. The standard InChI is InChI=1S/C20H37N5O2/c1-3-27-20(26)23-18(17-7-8-17)13-22-19(21-2)25-12-9-16(15-25)14-24-10-5-4-6-11-24/h16-18H,3-15H2,1-2H3,(H,21,22)(H,23,26). The SMILES string of the molecule is CCOC(=O)NC(CNC(=NC)N1CCC(CN2CCCCC2)C1)C1CC1. The molecule has 3 fully saturated rings. The summed E-state index contributed by atoms with van der Waals surface area (Å²) in [6, 6.07) is 0.118. The smallest absolute Gasteiger partial charge is 0.407 e. The molecule has 2 saturated heterocycles. The summed E-state index contributed by atoms with van der Waals surface area (Å²) in [6.07, 6.45) is 7.40. The average Bonchev–Trinajstić information content (AvgIpc) is 3.42. The van der Waals surface area contributed by atoms with Gasteiger partial charge in [0.15, 0.2) is 5.96 Å². The Balaban J connectivity index is 1.43. The number of alkyl carbamates (subject to hydrolysis) is 1. The lowest BCUT2D eigenvalue weighted by molar-refractivity contribution is 0.146. The zero-order valence-electron chi connectivity index (χ0n) is 17.1. The van der Waals surface area contributed by atoms with Crippen LogP contribution in [0.15, 0.2) is 4.99 Å². The van der Waals surface area contributed by atoms with E-state index in [4.69, 9.17) is 4.74 Å². The summed E-state index contributed by atoms with van der Waals surface area (Å²) in [5.41, 5.74) is 0. The number of likely N-dealkylation sites (tertiary alicyclic amines) is 2. The Morgan fingerprint density at radius 3 is 2.63 bits per heavy atom. The van der Waals surface area contributed by atoms with Gasteiger partial charge in [-0.05, 0) is 64.0 Å². The lowest BCUT2D eigenvalue weighted by Crippen LogP contribution is -2.49. The van der Waals surface area contributed by atoms with Gasteiger partial charge < -0.3 is 25.2 Å². The highest BCUT2D eigenvalue weighted by molar-refractivity contribution is 5.80. The molecule has 2 aliphatic heterocycles. The molecule has 7 heteroatoms. The Kier molecular flexibility index (Phi) is 7.61. The van der Waals surface area contributed by atoms with Crippen LogP contribution in [0.3, 0.4) is 0 Å². The Hall–Kier alpha value is -1.50. The molecule has 2 unspecified atom stereocenters. The Morgan fingerprint density at radius 1 is 1.19 bits per heavy atom. The predicted octanol–water partition coefficient (Wildman–Crippen LogP) is 1.89. The number of rotatable bonds is 7. The summed E-state index contributed by atoms with van der Waals surface area (Å²) in [7, 11) is 1.85. The summed E-state index contributed by atoms with van der Waals surface area (Å²) < 4.78 is 5.05. The van der Waals surface area contributed by atoms with E-state index >= 15 is 0 Å². The lowest BCUT2D eigenvalue weighted by atomic mass is 10.1. The van der Waals surface area contributed by atoms with Crippen molar-refractivity contribution in [1.29, 1.82) is 0 Å². The Morgan fingerprint density at radius 2 is 1.96 bits per heavy atom. The zero-order valence-corrected chi connectivity index (χ0v) is 17.1. The number of ether oxygens (including phenoxy) is 1. The summed E-state index contributed by atoms with van der Waals surface area (Å²) in [5, 5.41) is 6.51. The minimum absolute atomic E-state index is 0.118. The maximum absolute atomic E-state index is 11.8. The second kappa shape index (κ2) is 10.2. The van der Waals surface area contributed by atoms with E-state index in [2.05, 4.69) is 25.4 Å². The topological polar surface area (TPSA) is 69.2 Å². The molecule has 0 aromatic carbocycles. The molecular weight excluding hydrogens is 342 g/mol. The number of nitrogens with zero attached hydrogens (tertiary/aromatic N) is 3. The average molecular weight is 380 g/mol. The van der Waals surface area contributed by atoms with Crippen molar-refractivity contribution < 1.29 is 9.53 Å². The molecule has 2 atom stereocenters. The number of carbonyl (C=O) groups is 1. The van der Waals surface area contributed by atoms with Gasteiger partial charge in [-0.1, -0.05) is 6.42 Å². The highest BCUT2D eigenvalue weighted by atomic mass is 16.5. The fourth-order valence-electron chi connectivity index (χ4n) is 4.37. The maximum Gasteiger partial charge on any atom is 0.407 e. The van der Waals surface area contributed by atoms with Crippen molar-refractivity contribution in [2.45, 2.75) is 51.5 Å². The molecule has 3 aliphatic rings. The van der Waals surface area contributed by atoms with E-state index in [1.807, 2.05) is 14.0 Å². The lowest BCUT2D eigenvalue weighted by Gasteiger charge is -2.29. The van der Waals surface area contributed by atoms with E-state index in [9.17, 15) is 4.79 Å². The van der Waals surface area contributed by atoms with Gasteiger partial charge in [0.1, 0.15) is 0 Å². The first-order valence-corrected chi connectivity index (χ1v) is 10.8. The molecule has 2 heterocycles. The number of piperidine rings is 1. The van der Waals surface area contributed by atoms with E-state index < -0.39 is 0 Å². The number of carbonyl (C=O) groups excluding carboxylic acids is 1. The maximum atomic E-state index is 11.8. The van der Waals surface area contributed by atoms with Crippen molar-refractivity contribution in [3.8, 4) is 0 Å². The van der Waals surface area contributed by atoms with Crippen LogP contribution in [0, 0.1) is 11.8 Å². The third-order valence-corrected chi connectivity index (χ3v) is 6.01. The Bertz CT molecular complexity index is 503. The zero-order chi connectivity index (χ0) is 19.1. The molecule has 0 aromatic rings. The first kappa shape index (κ1) is 20.2. The third kappa shape index (κ3) is 6.26. The van der Waals surface area contributed by atoms with Crippen molar-refractivity contribution in [2.24, 2.45) is 16.8 Å². The molecule has 27 heavy (non-hydrogen) atoms. The van der Waals surface area contributed by atoms with Gasteiger partial charge in [-0.2, -0.15) is 0 Å². The van der Waals surface area contributed by atoms with E-state index in [-0.39, 0.29) is 12.1 Å². The van der Waals surface area contributed by atoms with Crippen LogP contribution in [0.4, 0.5) is 4.79 Å². The minimum atomic E-state index is -0.311. The summed E-state index contributed by atoms with van der Waals surface area (Å²) >= 11 is 0. The first-order chi connectivity index (χ1) is 13.2. The molecule has 0 bridgehead atoms. The largest absolute Gasteiger partial charge is 0.450 e. The van der Waals surface area contributed by atoms with Crippen LogP contribution in [0.5, 0.6) is 0 Å². The molecule has 1 saturated carbocycles. The van der Waals surface area contributed by atoms with Crippen LogP contribution in [-0.4, -0.2) is 80.8 Å². The van der Waals surface area contributed by atoms with Crippen molar-refractivity contribution in [3.05, 3.63) is 0 Å². The van der Waals surface area contributed by atoms with E-state index in [0.717, 1.165) is 25.0 Å². The quantitative estimate of drug-likeness (QED) is 0.522. The van der Waals surface area contributed by atoms with Gasteiger partial charge in [0.2, 0.25) is 0 Å². The molecule has 3 rings (SSSR count). The van der Waals surface area contributed by atoms with Crippen LogP contribution in [0.25, 0.3) is 0 Å². The fraction of sp³-hybridized carbons (Fsp3) is 0.900. The van der Waals surface area contributed by atoms with Gasteiger partial charge in [0, 0.05) is 33.2 Å². The van der Waals surface area contributed by atoms with Gasteiger partial charge in [-0.15, -0.1) is 0 Å². The van der Waals surface area contributed by atoms with Crippen LogP contribution in [0.1, 0.15) is 45.4 Å². The van der Waals surface area contributed by atoms with Gasteiger partial charge >= 0.3 is 6.09 Å². The molecule has 0 aromatic heterocycles. The summed E-state index contributed by atoms with van der Waals surface area (Å²) in [5.74, 6) is 2.26. The van der Waals surface area contributed by atoms with E-state index in [1.165, 1.54) is 58.2 Å². The van der Waals surface area contributed by atoms with Crippen LogP contribution < -0.4 is 10.6 Å². The molecule has 1 amide bonds. The van der Waals surface area contributed by atoms with Crippen molar-refractivity contribution in [3.63, 3.8) is 0 Å². The molecule has 0 spiro atoms. The number of guanidine groups is 1. The number of nitrogens with one attached hydrogen (secondary N) is 2. The Labute approximate surface area is 163 Å². The molecule has 154 valence electrons. The van der Waals surface area contributed by atoms with Crippen LogP contribution in [-0.2, 0) is 4.74 Å². The van der Waals surface area contributed by atoms with Crippen LogP contribution in [0.2, 0.25) is 0 Å². The monoisotopic (exact) mass is 379 g/mol. The van der Waals surface area contributed by atoms with Crippen molar-refractivity contribution in [2.75, 3.05) is 52.9 Å². The highest BCUT2D eigenvalue weighted by Gasteiger charge is 2.33. The van der Waals surface area contributed by atoms with E-state index in [1.54, 1.807) is 0 Å². The van der Waals surface area contributed by atoms with Gasteiger partial charge in [0.25, 0.3) is 0 Å². The summed E-state index contributed by atoms with van der Waals surface area (Å²) in [6.45, 7) is 8.86. The normalized spacial score (nSPS) is 25.3. The van der Waals surface area contributed by atoms with Crippen molar-refractivity contribution in [1.82, 2.24) is 20.4 Å².